The van der Waals surface area contributed by atoms with Crippen molar-refractivity contribution in [2.24, 2.45) is 0 Å². The molecule has 0 aliphatic carbocycles. The Morgan fingerprint density at radius 1 is 1.26 bits per heavy atom. The van der Waals surface area contributed by atoms with Gasteiger partial charge in [-0.15, -0.1) is 0 Å². The first-order chi connectivity index (χ1) is 10.8. The zero-order chi connectivity index (χ0) is 16.9. The van der Waals surface area contributed by atoms with Crippen LogP contribution < -0.4 is 10.1 Å². The topological polar surface area (TPSA) is 73.6 Å². The molecule has 0 saturated heterocycles. The van der Waals surface area contributed by atoms with E-state index >= 15 is 0 Å². The van der Waals surface area contributed by atoms with Crippen LogP contribution in [0.4, 0.5) is 4.79 Å². The number of ether oxygens (including phenoxy) is 2. The lowest BCUT2D eigenvalue weighted by molar-refractivity contribution is 0.0519. The third kappa shape index (κ3) is 5.65. The van der Waals surface area contributed by atoms with Crippen LogP contribution in [-0.4, -0.2) is 30.0 Å². The van der Waals surface area contributed by atoms with Crippen molar-refractivity contribution < 1.29 is 18.8 Å². The standard InChI is InChI=1S/C17H22N2O4/c1-12-5-7-13(8-6-12)14-11-15(19-23-14)21-10-9-18-16(20)22-17(2,3)4/h5-8,11H,9-10H2,1-4H3,(H,18,20). The highest BCUT2D eigenvalue weighted by molar-refractivity contribution is 5.67. The van der Waals surface area contributed by atoms with Crippen LogP contribution in [0, 0.1) is 6.92 Å². The van der Waals surface area contributed by atoms with Crippen molar-refractivity contribution in [2.75, 3.05) is 13.2 Å². The molecular formula is C17H22N2O4. The summed E-state index contributed by atoms with van der Waals surface area (Å²) in [5, 5.41) is 6.46. The van der Waals surface area contributed by atoms with Crippen LogP contribution in [0.15, 0.2) is 34.9 Å². The van der Waals surface area contributed by atoms with E-state index in [1.54, 1.807) is 6.07 Å². The minimum absolute atomic E-state index is 0.277. The molecule has 2 aromatic rings. The lowest BCUT2D eigenvalue weighted by Gasteiger charge is -2.19. The van der Waals surface area contributed by atoms with Gasteiger partial charge in [0.15, 0.2) is 5.76 Å². The SMILES string of the molecule is Cc1ccc(-c2cc(OCCNC(=O)OC(C)(C)C)no2)cc1. The van der Waals surface area contributed by atoms with Gasteiger partial charge >= 0.3 is 6.09 Å². The maximum Gasteiger partial charge on any atom is 0.407 e. The van der Waals surface area contributed by atoms with Gasteiger partial charge in [0.1, 0.15) is 12.2 Å². The first kappa shape index (κ1) is 16.9. The molecule has 0 atom stereocenters. The second kappa shape index (κ2) is 7.17. The normalized spacial score (nSPS) is 11.1. The number of nitrogens with zero attached hydrogens (tertiary/aromatic N) is 1. The first-order valence-corrected chi connectivity index (χ1v) is 7.47. The maximum atomic E-state index is 11.5. The van der Waals surface area contributed by atoms with E-state index in [0.29, 0.717) is 18.2 Å². The van der Waals surface area contributed by atoms with Gasteiger partial charge in [0.25, 0.3) is 5.88 Å². The highest BCUT2D eigenvalue weighted by Gasteiger charge is 2.15. The second-order valence-corrected chi connectivity index (χ2v) is 6.17. The molecular weight excluding hydrogens is 296 g/mol. The van der Waals surface area contributed by atoms with Crippen molar-refractivity contribution in [2.45, 2.75) is 33.3 Å². The Kier molecular flexibility index (Phi) is 5.26. The molecule has 23 heavy (non-hydrogen) atoms. The monoisotopic (exact) mass is 318 g/mol. The number of hydrogen-bond acceptors (Lipinski definition) is 5. The number of hydrogen-bond donors (Lipinski definition) is 1. The molecule has 1 aromatic heterocycles. The molecule has 0 bridgehead atoms. The summed E-state index contributed by atoms with van der Waals surface area (Å²) in [5.74, 6) is 1.02. The summed E-state index contributed by atoms with van der Waals surface area (Å²) in [5.41, 5.74) is 1.60. The first-order valence-electron chi connectivity index (χ1n) is 7.47. The summed E-state index contributed by atoms with van der Waals surface area (Å²) < 4.78 is 15.8. The lowest BCUT2D eigenvalue weighted by Crippen LogP contribution is -2.34. The van der Waals surface area contributed by atoms with E-state index in [1.807, 2.05) is 52.0 Å². The Balaban J connectivity index is 1.77. The van der Waals surface area contributed by atoms with E-state index in [2.05, 4.69) is 10.5 Å². The van der Waals surface area contributed by atoms with E-state index < -0.39 is 11.7 Å². The van der Waals surface area contributed by atoms with Crippen LogP contribution in [-0.2, 0) is 4.74 Å². The molecule has 0 radical (unpaired) electrons. The van der Waals surface area contributed by atoms with Crippen molar-refractivity contribution in [3.63, 3.8) is 0 Å². The third-order valence-electron chi connectivity index (χ3n) is 2.84. The van der Waals surface area contributed by atoms with Crippen molar-refractivity contribution in [1.29, 1.82) is 0 Å². The average molecular weight is 318 g/mol. The van der Waals surface area contributed by atoms with Crippen LogP contribution in [0.25, 0.3) is 11.3 Å². The smallest absolute Gasteiger partial charge is 0.407 e. The van der Waals surface area contributed by atoms with E-state index in [4.69, 9.17) is 14.0 Å². The summed E-state index contributed by atoms with van der Waals surface area (Å²) in [6.45, 7) is 8.05. The summed E-state index contributed by atoms with van der Waals surface area (Å²) in [4.78, 5) is 11.5. The van der Waals surface area contributed by atoms with Crippen molar-refractivity contribution in [3.05, 3.63) is 35.9 Å². The number of nitrogens with one attached hydrogen (secondary N) is 1. The number of amides is 1. The maximum absolute atomic E-state index is 11.5. The Labute approximate surface area is 135 Å². The van der Waals surface area contributed by atoms with Gasteiger partial charge in [-0.25, -0.2) is 4.79 Å². The molecule has 0 saturated carbocycles. The van der Waals surface area contributed by atoms with Gasteiger partial charge in [0, 0.05) is 11.6 Å². The summed E-state index contributed by atoms with van der Waals surface area (Å²) in [7, 11) is 0. The number of carbonyl (C=O) groups is 1. The van der Waals surface area contributed by atoms with Gasteiger partial charge in [-0.1, -0.05) is 29.8 Å². The number of rotatable bonds is 5. The molecule has 1 N–H and O–H groups in total. The molecule has 1 amide bonds. The fourth-order valence-corrected chi connectivity index (χ4v) is 1.80. The van der Waals surface area contributed by atoms with E-state index in [0.717, 1.165) is 5.56 Å². The lowest BCUT2D eigenvalue weighted by atomic mass is 10.1. The number of aryl methyl sites for hydroxylation is 1. The number of benzene rings is 1. The molecule has 0 aliphatic heterocycles. The molecule has 0 unspecified atom stereocenters. The van der Waals surface area contributed by atoms with Crippen molar-refractivity contribution in [3.8, 4) is 17.2 Å². The predicted octanol–water partition coefficient (Wildman–Crippen LogP) is 3.55. The fourth-order valence-electron chi connectivity index (χ4n) is 1.80. The number of alkyl carbamates (subject to hydrolysis) is 1. The Morgan fingerprint density at radius 2 is 1.96 bits per heavy atom. The minimum atomic E-state index is -0.514. The van der Waals surface area contributed by atoms with Crippen LogP contribution >= 0.6 is 0 Å². The van der Waals surface area contributed by atoms with Gasteiger partial charge < -0.3 is 19.3 Å². The highest BCUT2D eigenvalue weighted by atomic mass is 16.6. The number of carbonyl (C=O) groups excluding carboxylic acids is 1. The minimum Gasteiger partial charge on any atom is -0.474 e. The Hall–Kier alpha value is -2.50. The Morgan fingerprint density at radius 3 is 2.61 bits per heavy atom. The van der Waals surface area contributed by atoms with E-state index in [-0.39, 0.29) is 6.61 Å². The molecule has 6 nitrogen and oxygen atoms in total. The quantitative estimate of drug-likeness (QED) is 0.853. The number of aromatic nitrogens is 1. The van der Waals surface area contributed by atoms with Crippen LogP contribution in [0.3, 0.4) is 0 Å². The van der Waals surface area contributed by atoms with Crippen molar-refractivity contribution in [1.82, 2.24) is 10.5 Å². The van der Waals surface area contributed by atoms with Gasteiger partial charge in [0.2, 0.25) is 0 Å². The van der Waals surface area contributed by atoms with Crippen molar-refractivity contribution >= 4 is 6.09 Å². The van der Waals surface area contributed by atoms with Crippen LogP contribution in [0.2, 0.25) is 0 Å². The Bertz CT molecular complexity index is 641. The molecule has 0 spiro atoms. The largest absolute Gasteiger partial charge is 0.474 e. The summed E-state index contributed by atoms with van der Waals surface area (Å²) in [6, 6.07) is 9.65. The third-order valence-corrected chi connectivity index (χ3v) is 2.84. The molecule has 0 fully saturated rings. The fraction of sp³-hybridized carbons (Fsp3) is 0.412. The summed E-state index contributed by atoms with van der Waals surface area (Å²) in [6.07, 6.45) is -0.471. The molecule has 6 heteroatoms. The summed E-state index contributed by atoms with van der Waals surface area (Å²) >= 11 is 0. The molecule has 1 heterocycles. The average Bonchev–Trinajstić information content (AvgIpc) is 2.91. The highest BCUT2D eigenvalue weighted by Crippen LogP contribution is 2.23. The van der Waals surface area contributed by atoms with Gasteiger partial charge in [-0.05, 0) is 32.9 Å². The molecule has 0 aliphatic rings. The molecule has 2 rings (SSSR count). The van der Waals surface area contributed by atoms with Gasteiger partial charge in [-0.2, -0.15) is 0 Å². The molecule has 1 aromatic carbocycles. The zero-order valence-electron chi connectivity index (χ0n) is 13.9. The van der Waals surface area contributed by atoms with Crippen LogP contribution in [0.5, 0.6) is 5.88 Å². The second-order valence-electron chi connectivity index (χ2n) is 6.17. The van der Waals surface area contributed by atoms with Gasteiger partial charge in [-0.3, -0.25) is 0 Å². The van der Waals surface area contributed by atoms with E-state index in [1.165, 1.54) is 5.56 Å². The molecule has 124 valence electrons. The van der Waals surface area contributed by atoms with E-state index in [9.17, 15) is 4.79 Å². The predicted molar refractivity (Wildman–Crippen MR) is 86.4 cm³/mol. The van der Waals surface area contributed by atoms with Crippen LogP contribution in [0.1, 0.15) is 26.3 Å². The van der Waals surface area contributed by atoms with Gasteiger partial charge in [0.05, 0.1) is 6.54 Å². The zero-order valence-corrected chi connectivity index (χ0v) is 13.9.